The van der Waals surface area contributed by atoms with Gasteiger partial charge in [0.1, 0.15) is 4.21 Å². The first-order chi connectivity index (χ1) is 10.9. The van der Waals surface area contributed by atoms with Gasteiger partial charge in [-0.05, 0) is 43.6 Å². The quantitative estimate of drug-likeness (QED) is 0.678. The van der Waals surface area contributed by atoms with Crippen LogP contribution in [0.4, 0.5) is 5.69 Å². The van der Waals surface area contributed by atoms with Gasteiger partial charge in [-0.1, -0.05) is 12.1 Å². The van der Waals surface area contributed by atoms with Crippen LogP contribution < -0.4 is 15.4 Å². The zero-order valence-corrected chi connectivity index (χ0v) is 15.7. The number of benzene rings is 1. The number of rotatable bonds is 7. The Balaban J connectivity index is 0.00000288. The Morgan fingerprint density at radius 2 is 2.00 bits per heavy atom. The molecule has 132 valence electrons. The molecule has 9 heteroatoms. The molecule has 0 radical (unpaired) electrons. The molecule has 0 saturated carbocycles. The molecule has 1 aromatic carbocycles. The van der Waals surface area contributed by atoms with Crippen LogP contribution >= 0.6 is 23.7 Å². The van der Waals surface area contributed by atoms with Crippen LogP contribution in [0.1, 0.15) is 17.3 Å². The van der Waals surface area contributed by atoms with Gasteiger partial charge >= 0.3 is 0 Å². The van der Waals surface area contributed by atoms with Crippen LogP contribution in [0.15, 0.2) is 46.0 Å². The van der Waals surface area contributed by atoms with Crippen LogP contribution in [0.25, 0.3) is 0 Å². The van der Waals surface area contributed by atoms with Crippen molar-refractivity contribution in [2.45, 2.75) is 17.2 Å². The van der Waals surface area contributed by atoms with Crippen molar-refractivity contribution in [2.24, 2.45) is 0 Å². The Hall–Kier alpha value is -1.61. The molecule has 1 atom stereocenters. The van der Waals surface area contributed by atoms with E-state index in [1.165, 1.54) is 12.1 Å². The maximum absolute atomic E-state index is 12.2. The van der Waals surface area contributed by atoms with Crippen LogP contribution in [-0.4, -0.2) is 34.0 Å². The summed E-state index contributed by atoms with van der Waals surface area (Å²) in [6.07, 6.45) is 0. The molecule has 0 saturated heterocycles. The van der Waals surface area contributed by atoms with Crippen molar-refractivity contribution in [1.29, 1.82) is 0 Å². The Kier molecular flexibility index (Phi) is 7.68. The summed E-state index contributed by atoms with van der Waals surface area (Å²) in [5, 5.41) is 7.51. The minimum atomic E-state index is -3.62. The lowest BCUT2D eigenvalue weighted by atomic mass is 10.2. The second-order valence-corrected chi connectivity index (χ2v) is 7.88. The van der Waals surface area contributed by atoms with Gasteiger partial charge in [-0.15, -0.1) is 23.7 Å². The molecule has 0 aliphatic heterocycles. The Morgan fingerprint density at radius 1 is 1.25 bits per heavy atom. The highest BCUT2D eigenvalue weighted by molar-refractivity contribution is 7.94. The fourth-order valence-corrected chi connectivity index (χ4v) is 3.84. The van der Waals surface area contributed by atoms with Crippen LogP contribution in [0.5, 0.6) is 0 Å². The SMILES string of the molecule is CNC(C)CNC(=O)c1cccc(NS(=O)(=O)c2cccs2)c1.Cl. The third-order valence-corrected chi connectivity index (χ3v) is 5.98. The Labute approximate surface area is 152 Å². The molecule has 0 aliphatic carbocycles. The van der Waals surface area contributed by atoms with Crippen molar-refractivity contribution < 1.29 is 13.2 Å². The van der Waals surface area contributed by atoms with Gasteiger partial charge in [0.25, 0.3) is 15.9 Å². The van der Waals surface area contributed by atoms with Crippen molar-refractivity contribution in [3.63, 3.8) is 0 Å². The summed E-state index contributed by atoms with van der Waals surface area (Å²) in [4.78, 5) is 12.1. The summed E-state index contributed by atoms with van der Waals surface area (Å²) in [6, 6.07) is 9.77. The maximum atomic E-state index is 12.2. The lowest BCUT2D eigenvalue weighted by Gasteiger charge is -2.12. The summed E-state index contributed by atoms with van der Waals surface area (Å²) >= 11 is 1.14. The predicted molar refractivity (Wildman–Crippen MR) is 99.7 cm³/mol. The van der Waals surface area contributed by atoms with Crippen molar-refractivity contribution in [1.82, 2.24) is 10.6 Å². The lowest BCUT2D eigenvalue weighted by Crippen LogP contribution is -2.37. The van der Waals surface area contributed by atoms with Crippen LogP contribution in [0, 0.1) is 0 Å². The summed E-state index contributed by atoms with van der Waals surface area (Å²) in [7, 11) is -1.80. The zero-order chi connectivity index (χ0) is 16.9. The third kappa shape index (κ3) is 5.48. The second-order valence-electron chi connectivity index (χ2n) is 5.02. The van der Waals surface area contributed by atoms with E-state index in [0.717, 1.165) is 11.3 Å². The highest BCUT2D eigenvalue weighted by Gasteiger charge is 2.16. The summed E-state index contributed by atoms with van der Waals surface area (Å²) in [5.74, 6) is -0.246. The number of carbonyl (C=O) groups excluding carboxylic acids is 1. The number of hydrogen-bond donors (Lipinski definition) is 3. The van der Waals surface area contributed by atoms with Gasteiger partial charge in [0, 0.05) is 23.8 Å². The molecule has 2 aromatic rings. The number of nitrogens with one attached hydrogen (secondary N) is 3. The average molecular weight is 390 g/mol. The Morgan fingerprint density at radius 3 is 2.62 bits per heavy atom. The van der Waals surface area contributed by atoms with E-state index in [9.17, 15) is 13.2 Å². The summed E-state index contributed by atoms with van der Waals surface area (Å²) < 4.78 is 27.1. The molecule has 0 aliphatic rings. The van der Waals surface area contributed by atoms with E-state index in [1.54, 1.807) is 29.6 Å². The van der Waals surface area contributed by atoms with E-state index < -0.39 is 10.0 Å². The minimum Gasteiger partial charge on any atom is -0.350 e. The molecule has 1 amide bonds. The topological polar surface area (TPSA) is 87.3 Å². The van der Waals surface area contributed by atoms with Crippen molar-refractivity contribution in [3.8, 4) is 0 Å². The van der Waals surface area contributed by atoms with Crippen LogP contribution in [0.3, 0.4) is 0 Å². The molecule has 24 heavy (non-hydrogen) atoms. The number of hydrogen-bond acceptors (Lipinski definition) is 5. The third-order valence-electron chi connectivity index (χ3n) is 3.20. The fourth-order valence-electron chi connectivity index (χ4n) is 1.80. The van der Waals surface area contributed by atoms with E-state index >= 15 is 0 Å². The van der Waals surface area contributed by atoms with E-state index in [2.05, 4.69) is 15.4 Å². The van der Waals surface area contributed by atoms with Gasteiger partial charge in [-0.3, -0.25) is 9.52 Å². The van der Waals surface area contributed by atoms with Gasteiger partial charge < -0.3 is 10.6 Å². The predicted octanol–water partition coefficient (Wildman–Crippen LogP) is 2.31. The molecule has 2 rings (SSSR count). The molecule has 3 N–H and O–H groups in total. The molecule has 0 spiro atoms. The number of carbonyl (C=O) groups is 1. The first-order valence-corrected chi connectivity index (χ1v) is 9.40. The lowest BCUT2D eigenvalue weighted by molar-refractivity contribution is 0.0950. The molecule has 0 fully saturated rings. The highest BCUT2D eigenvalue weighted by atomic mass is 35.5. The van der Waals surface area contributed by atoms with E-state index in [-0.39, 0.29) is 28.6 Å². The Bertz CT molecular complexity index is 764. The number of halogens is 1. The zero-order valence-electron chi connectivity index (χ0n) is 13.3. The summed E-state index contributed by atoms with van der Waals surface area (Å²) in [5.41, 5.74) is 0.757. The number of sulfonamides is 1. The first kappa shape index (κ1) is 20.4. The van der Waals surface area contributed by atoms with Gasteiger partial charge in [-0.2, -0.15) is 0 Å². The van der Waals surface area contributed by atoms with E-state index in [0.29, 0.717) is 17.8 Å². The molecular formula is C15H20ClN3O3S2. The normalized spacial score (nSPS) is 12.1. The standard InChI is InChI=1S/C15H19N3O3S2.ClH/c1-11(16-2)10-17-15(19)12-5-3-6-13(9-12)18-23(20,21)14-7-4-8-22-14;/h3-9,11,16,18H,10H2,1-2H3,(H,17,19);1H. The molecule has 1 unspecified atom stereocenters. The molecule has 1 heterocycles. The number of thiophene rings is 1. The first-order valence-electron chi connectivity index (χ1n) is 7.04. The molecule has 1 aromatic heterocycles. The number of likely N-dealkylation sites (N-methyl/N-ethyl adjacent to an activating group) is 1. The van der Waals surface area contributed by atoms with Gasteiger partial charge in [0.05, 0.1) is 0 Å². The molecular weight excluding hydrogens is 370 g/mol. The number of amides is 1. The molecule has 0 bridgehead atoms. The smallest absolute Gasteiger partial charge is 0.271 e. The largest absolute Gasteiger partial charge is 0.350 e. The fraction of sp³-hybridized carbons (Fsp3) is 0.267. The second kappa shape index (κ2) is 9.03. The van der Waals surface area contributed by atoms with Gasteiger partial charge in [0.2, 0.25) is 0 Å². The molecule has 6 nitrogen and oxygen atoms in total. The monoisotopic (exact) mass is 389 g/mol. The summed E-state index contributed by atoms with van der Waals surface area (Å²) in [6.45, 7) is 2.44. The average Bonchev–Trinajstić information content (AvgIpc) is 3.07. The van der Waals surface area contributed by atoms with Crippen LogP contribution in [0.2, 0.25) is 0 Å². The van der Waals surface area contributed by atoms with Crippen molar-refractivity contribution in [3.05, 3.63) is 47.3 Å². The minimum absolute atomic E-state index is 0. The van der Waals surface area contributed by atoms with Gasteiger partial charge in [0.15, 0.2) is 0 Å². The van der Waals surface area contributed by atoms with E-state index in [4.69, 9.17) is 0 Å². The highest BCUT2D eigenvalue weighted by Crippen LogP contribution is 2.20. The maximum Gasteiger partial charge on any atom is 0.271 e. The van der Waals surface area contributed by atoms with Gasteiger partial charge in [-0.25, -0.2) is 8.42 Å². The number of anilines is 1. The van der Waals surface area contributed by atoms with Crippen LogP contribution in [-0.2, 0) is 10.0 Å². The van der Waals surface area contributed by atoms with Crippen molar-refractivity contribution >= 4 is 45.4 Å². The van der Waals surface area contributed by atoms with Crippen molar-refractivity contribution in [2.75, 3.05) is 18.3 Å². The van der Waals surface area contributed by atoms with E-state index in [1.807, 2.05) is 14.0 Å².